The van der Waals surface area contributed by atoms with Gasteiger partial charge in [0.15, 0.2) is 0 Å². The Balaban J connectivity index is 1.71. The lowest BCUT2D eigenvalue weighted by Gasteiger charge is -2.28. The van der Waals surface area contributed by atoms with Gasteiger partial charge in [0, 0.05) is 25.3 Å². The minimum absolute atomic E-state index is 0.980. The van der Waals surface area contributed by atoms with Crippen molar-refractivity contribution in [3.63, 3.8) is 0 Å². The van der Waals surface area contributed by atoms with Crippen LogP contribution in [0.5, 0.6) is 0 Å². The van der Waals surface area contributed by atoms with Crippen LogP contribution in [0.4, 0.5) is 5.69 Å². The lowest BCUT2D eigenvalue weighted by molar-refractivity contribution is 0.394. The minimum Gasteiger partial charge on any atom is -0.372 e. The summed E-state index contributed by atoms with van der Waals surface area (Å²) in [5.74, 6) is 0. The molecule has 20 heavy (non-hydrogen) atoms. The summed E-state index contributed by atoms with van der Waals surface area (Å²) in [7, 11) is 4.25. The maximum atomic E-state index is 3.52. The molecule has 0 spiro atoms. The van der Waals surface area contributed by atoms with Crippen LogP contribution in [0.25, 0.3) is 0 Å². The van der Waals surface area contributed by atoms with Gasteiger partial charge in [-0.15, -0.1) is 0 Å². The van der Waals surface area contributed by atoms with Crippen LogP contribution in [-0.2, 0) is 6.54 Å². The number of hydrogen-bond donors (Lipinski definition) is 1. The fourth-order valence-corrected chi connectivity index (χ4v) is 2.73. The predicted molar refractivity (Wildman–Crippen MR) is 87.4 cm³/mol. The lowest BCUT2D eigenvalue weighted by atomic mass is 10.1. The number of piperidine rings is 1. The molecule has 0 amide bonds. The summed E-state index contributed by atoms with van der Waals surface area (Å²) in [6.45, 7) is 5.67. The van der Waals surface area contributed by atoms with Crippen molar-refractivity contribution < 1.29 is 0 Å². The summed E-state index contributed by atoms with van der Waals surface area (Å²) in [5.41, 5.74) is 2.77. The number of nitrogens with one attached hydrogen (secondary N) is 1. The molecule has 112 valence electrons. The van der Waals surface area contributed by atoms with E-state index in [9.17, 15) is 0 Å². The van der Waals surface area contributed by atoms with E-state index in [1.807, 2.05) is 0 Å². The molecule has 0 bridgehead atoms. The Hall–Kier alpha value is -1.06. The van der Waals surface area contributed by atoms with Crippen LogP contribution in [0.1, 0.15) is 31.2 Å². The van der Waals surface area contributed by atoms with Crippen LogP contribution in [0.15, 0.2) is 24.3 Å². The van der Waals surface area contributed by atoms with Gasteiger partial charge in [0.05, 0.1) is 0 Å². The first kappa shape index (κ1) is 15.3. The van der Waals surface area contributed by atoms with Gasteiger partial charge in [-0.25, -0.2) is 0 Å². The topological polar surface area (TPSA) is 18.5 Å². The summed E-state index contributed by atoms with van der Waals surface area (Å²) in [6, 6.07) is 9.09. The second kappa shape index (κ2) is 8.28. The highest BCUT2D eigenvalue weighted by Crippen LogP contribution is 2.20. The van der Waals surface area contributed by atoms with Gasteiger partial charge in [0.25, 0.3) is 0 Å². The van der Waals surface area contributed by atoms with E-state index in [1.165, 1.54) is 50.0 Å². The lowest BCUT2D eigenvalue weighted by Crippen LogP contribution is -2.29. The van der Waals surface area contributed by atoms with Crippen molar-refractivity contribution in [2.45, 2.75) is 32.2 Å². The van der Waals surface area contributed by atoms with E-state index in [-0.39, 0.29) is 0 Å². The fraction of sp³-hybridized carbons (Fsp3) is 0.647. The zero-order chi connectivity index (χ0) is 14.2. The second-order valence-corrected chi connectivity index (χ2v) is 6.05. The van der Waals surface area contributed by atoms with Crippen molar-refractivity contribution in [1.29, 1.82) is 0 Å². The molecule has 1 aromatic rings. The standard InChI is InChI=1S/C17H29N3/c1-19(2)12-6-11-18-15-16-7-9-17(10-8-16)20-13-4-3-5-14-20/h7-10,18H,3-6,11-15H2,1-2H3. The van der Waals surface area contributed by atoms with Gasteiger partial charge < -0.3 is 15.1 Å². The van der Waals surface area contributed by atoms with E-state index < -0.39 is 0 Å². The highest BCUT2D eigenvalue weighted by molar-refractivity contribution is 5.47. The van der Waals surface area contributed by atoms with Gasteiger partial charge in [-0.1, -0.05) is 12.1 Å². The SMILES string of the molecule is CN(C)CCCNCc1ccc(N2CCCCC2)cc1. The summed E-state index contributed by atoms with van der Waals surface area (Å²) in [4.78, 5) is 4.74. The summed E-state index contributed by atoms with van der Waals surface area (Å²) in [5, 5.41) is 3.52. The van der Waals surface area contributed by atoms with Crippen molar-refractivity contribution in [3.05, 3.63) is 29.8 Å². The summed E-state index contributed by atoms with van der Waals surface area (Å²) < 4.78 is 0. The normalized spacial score (nSPS) is 15.8. The first-order valence-electron chi connectivity index (χ1n) is 7.95. The molecule has 1 aliphatic heterocycles. The van der Waals surface area contributed by atoms with E-state index >= 15 is 0 Å². The molecule has 1 heterocycles. The van der Waals surface area contributed by atoms with Crippen molar-refractivity contribution in [3.8, 4) is 0 Å². The average molecular weight is 275 g/mol. The third kappa shape index (κ3) is 5.14. The van der Waals surface area contributed by atoms with Gasteiger partial charge >= 0.3 is 0 Å². The smallest absolute Gasteiger partial charge is 0.0366 e. The van der Waals surface area contributed by atoms with Gasteiger partial charge in [0.1, 0.15) is 0 Å². The largest absolute Gasteiger partial charge is 0.372 e. The summed E-state index contributed by atoms with van der Waals surface area (Å²) in [6.07, 6.45) is 5.29. The molecular weight excluding hydrogens is 246 g/mol. The molecule has 0 atom stereocenters. The molecule has 1 aromatic carbocycles. The maximum absolute atomic E-state index is 3.52. The van der Waals surface area contributed by atoms with Crippen molar-refractivity contribution >= 4 is 5.69 Å². The van der Waals surface area contributed by atoms with Crippen LogP contribution in [0.2, 0.25) is 0 Å². The van der Waals surface area contributed by atoms with Crippen molar-refractivity contribution in [2.24, 2.45) is 0 Å². The van der Waals surface area contributed by atoms with Gasteiger partial charge in [-0.05, 0) is 70.6 Å². The molecule has 1 aliphatic rings. The van der Waals surface area contributed by atoms with Crippen LogP contribution >= 0.6 is 0 Å². The van der Waals surface area contributed by atoms with Crippen LogP contribution in [-0.4, -0.2) is 45.2 Å². The van der Waals surface area contributed by atoms with E-state index in [4.69, 9.17) is 0 Å². The molecule has 0 saturated carbocycles. The molecule has 1 fully saturated rings. The Morgan fingerprint density at radius 3 is 2.40 bits per heavy atom. The Morgan fingerprint density at radius 2 is 1.75 bits per heavy atom. The van der Waals surface area contributed by atoms with Crippen LogP contribution in [0.3, 0.4) is 0 Å². The van der Waals surface area contributed by atoms with Gasteiger partial charge in [0.2, 0.25) is 0 Å². The van der Waals surface area contributed by atoms with E-state index in [2.05, 4.69) is 53.5 Å². The number of benzene rings is 1. The van der Waals surface area contributed by atoms with E-state index in [0.29, 0.717) is 0 Å². The quantitative estimate of drug-likeness (QED) is 0.772. The second-order valence-electron chi connectivity index (χ2n) is 6.05. The average Bonchev–Trinajstić information content (AvgIpc) is 2.48. The Kier molecular flexibility index (Phi) is 6.34. The zero-order valence-electron chi connectivity index (χ0n) is 13.1. The molecule has 0 aromatic heterocycles. The van der Waals surface area contributed by atoms with Crippen molar-refractivity contribution in [2.75, 3.05) is 45.2 Å². The van der Waals surface area contributed by atoms with Gasteiger partial charge in [-0.3, -0.25) is 0 Å². The summed E-state index contributed by atoms with van der Waals surface area (Å²) >= 11 is 0. The molecule has 0 radical (unpaired) electrons. The van der Waals surface area contributed by atoms with Crippen LogP contribution < -0.4 is 10.2 Å². The molecule has 3 heteroatoms. The van der Waals surface area contributed by atoms with E-state index in [1.54, 1.807) is 0 Å². The highest BCUT2D eigenvalue weighted by Gasteiger charge is 2.10. The van der Waals surface area contributed by atoms with Crippen LogP contribution in [0, 0.1) is 0 Å². The fourth-order valence-electron chi connectivity index (χ4n) is 2.73. The molecule has 1 N–H and O–H groups in total. The minimum atomic E-state index is 0.980. The first-order chi connectivity index (χ1) is 9.75. The number of nitrogens with zero attached hydrogens (tertiary/aromatic N) is 2. The Bertz CT molecular complexity index is 366. The molecule has 1 saturated heterocycles. The highest BCUT2D eigenvalue weighted by atomic mass is 15.1. The third-order valence-electron chi connectivity index (χ3n) is 3.95. The molecule has 2 rings (SSSR count). The Morgan fingerprint density at radius 1 is 1.05 bits per heavy atom. The molecule has 3 nitrogen and oxygen atoms in total. The predicted octanol–water partition coefficient (Wildman–Crippen LogP) is 2.72. The molecular formula is C17H29N3. The molecule has 0 aliphatic carbocycles. The number of hydrogen-bond acceptors (Lipinski definition) is 3. The maximum Gasteiger partial charge on any atom is 0.0366 e. The van der Waals surface area contributed by atoms with Crippen molar-refractivity contribution in [1.82, 2.24) is 10.2 Å². The third-order valence-corrected chi connectivity index (χ3v) is 3.95. The number of rotatable bonds is 7. The van der Waals surface area contributed by atoms with E-state index in [0.717, 1.165) is 19.6 Å². The number of anilines is 1. The Labute approximate surface area is 124 Å². The molecule has 0 unspecified atom stereocenters. The van der Waals surface area contributed by atoms with Gasteiger partial charge in [-0.2, -0.15) is 0 Å². The first-order valence-corrected chi connectivity index (χ1v) is 7.95. The monoisotopic (exact) mass is 275 g/mol. The zero-order valence-corrected chi connectivity index (χ0v) is 13.1.